The van der Waals surface area contributed by atoms with E-state index in [9.17, 15) is 14.4 Å². The topological polar surface area (TPSA) is 78.9 Å². The fraction of sp³-hybridized carbons (Fsp3) is 0.900. The number of carbonyl (C=O) groups excluding carboxylic acids is 3. The predicted octanol–water partition coefficient (Wildman–Crippen LogP) is 23.4. The highest BCUT2D eigenvalue weighted by molar-refractivity contribution is 5.71. The van der Waals surface area contributed by atoms with E-state index in [1.165, 1.54) is 276 Å². The Morgan fingerprint density at radius 3 is 0.737 bits per heavy atom. The van der Waals surface area contributed by atoms with Crippen LogP contribution in [0.15, 0.2) is 24.3 Å². The number of allylic oxidation sites excluding steroid dienone is 4. The summed E-state index contributed by atoms with van der Waals surface area (Å²) in [6, 6.07) is 0. The minimum Gasteiger partial charge on any atom is -0.462 e. The minimum atomic E-state index is -0.772. The van der Waals surface area contributed by atoms with Crippen LogP contribution in [0, 0.1) is 0 Å². The quantitative estimate of drug-likeness (QED) is 0.0261. The molecule has 0 N–H and O–H groups in total. The van der Waals surface area contributed by atoms with E-state index < -0.39 is 6.10 Å². The number of unbranched alkanes of at least 4 members (excludes halogenated alkanes) is 49. The maximum atomic E-state index is 12.9. The Bertz CT molecular complexity index is 1230. The molecule has 1 atom stereocenters. The molecule has 0 aromatic heterocycles. The molecule has 0 aliphatic carbocycles. The Morgan fingerprint density at radius 2 is 0.474 bits per heavy atom. The van der Waals surface area contributed by atoms with Gasteiger partial charge in [0.25, 0.3) is 0 Å². The summed E-state index contributed by atoms with van der Waals surface area (Å²) in [5.41, 5.74) is 0. The van der Waals surface area contributed by atoms with Crippen LogP contribution in [0.4, 0.5) is 0 Å². The molecule has 0 heterocycles. The fourth-order valence-electron chi connectivity index (χ4n) is 10.5. The van der Waals surface area contributed by atoms with Crippen LogP contribution in [-0.4, -0.2) is 37.2 Å². The van der Waals surface area contributed by atoms with Crippen LogP contribution in [0.5, 0.6) is 0 Å². The number of esters is 3. The molecule has 0 saturated heterocycles. The third-order valence-corrected chi connectivity index (χ3v) is 15.7. The van der Waals surface area contributed by atoms with Crippen LogP contribution in [0.2, 0.25) is 0 Å². The van der Waals surface area contributed by atoms with Gasteiger partial charge in [-0.3, -0.25) is 14.4 Å². The molecule has 0 aliphatic heterocycles. The van der Waals surface area contributed by atoms with Crippen LogP contribution in [0.3, 0.4) is 0 Å². The molecule has 0 aromatic rings. The second-order valence-corrected chi connectivity index (χ2v) is 23.5. The Labute approximate surface area is 474 Å². The third-order valence-electron chi connectivity index (χ3n) is 15.7. The number of carbonyl (C=O) groups is 3. The molecule has 0 bridgehead atoms. The average molecular weight is 1070 g/mol. The SMILES string of the molecule is CCCCCC/C=C\C/C=C\CCCCCCCCCC(=O)OC(COC(=O)CCCCCCCCCCCCCCCC)COC(=O)CCCCCCCCCCCCCCCCCCCCCCCCCCCC. The molecule has 448 valence electrons. The molecule has 6 heteroatoms. The van der Waals surface area contributed by atoms with E-state index in [2.05, 4.69) is 45.1 Å². The molecule has 1 unspecified atom stereocenters. The molecule has 0 spiro atoms. The summed E-state index contributed by atoms with van der Waals surface area (Å²) in [5.74, 6) is -0.845. The number of hydrogen-bond donors (Lipinski definition) is 0. The zero-order chi connectivity index (χ0) is 55.0. The van der Waals surface area contributed by atoms with Gasteiger partial charge in [-0.05, 0) is 51.4 Å². The van der Waals surface area contributed by atoms with Crippen molar-refractivity contribution in [2.45, 2.75) is 393 Å². The van der Waals surface area contributed by atoms with Gasteiger partial charge in [-0.25, -0.2) is 0 Å². The van der Waals surface area contributed by atoms with Crippen LogP contribution in [-0.2, 0) is 28.6 Å². The molecular formula is C70H132O6. The van der Waals surface area contributed by atoms with Gasteiger partial charge in [0.05, 0.1) is 0 Å². The van der Waals surface area contributed by atoms with E-state index in [1.807, 2.05) is 0 Å². The lowest BCUT2D eigenvalue weighted by Crippen LogP contribution is -2.30. The normalized spacial score (nSPS) is 12.1. The predicted molar refractivity (Wildman–Crippen MR) is 330 cm³/mol. The number of rotatable bonds is 64. The first-order chi connectivity index (χ1) is 37.5. The molecule has 0 fully saturated rings. The van der Waals surface area contributed by atoms with Crippen LogP contribution in [0.1, 0.15) is 387 Å². The zero-order valence-electron chi connectivity index (χ0n) is 51.6. The summed E-state index contributed by atoms with van der Waals surface area (Å²) in [4.78, 5) is 38.4. The molecule has 0 aliphatic rings. The van der Waals surface area contributed by atoms with Crippen molar-refractivity contribution in [2.24, 2.45) is 0 Å². The molecule has 6 nitrogen and oxygen atoms in total. The second kappa shape index (κ2) is 65.4. The second-order valence-electron chi connectivity index (χ2n) is 23.5. The molecular weight excluding hydrogens is 937 g/mol. The minimum absolute atomic E-state index is 0.0683. The Balaban J connectivity index is 4.22. The molecule has 0 amide bonds. The molecule has 0 rings (SSSR count). The van der Waals surface area contributed by atoms with Gasteiger partial charge in [-0.15, -0.1) is 0 Å². The van der Waals surface area contributed by atoms with Crippen LogP contribution >= 0.6 is 0 Å². The fourth-order valence-corrected chi connectivity index (χ4v) is 10.5. The monoisotopic (exact) mass is 1070 g/mol. The van der Waals surface area contributed by atoms with Gasteiger partial charge in [0, 0.05) is 19.3 Å². The van der Waals surface area contributed by atoms with E-state index in [-0.39, 0.29) is 31.1 Å². The first-order valence-electron chi connectivity index (χ1n) is 34.3. The van der Waals surface area contributed by atoms with Crippen molar-refractivity contribution in [2.75, 3.05) is 13.2 Å². The van der Waals surface area contributed by atoms with Crippen molar-refractivity contribution < 1.29 is 28.6 Å². The van der Waals surface area contributed by atoms with Gasteiger partial charge in [-0.2, -0.15) is 0 Å². The van der Waals surface area contributed by atoms with Crippen molar-refractivity contribution in [3.05, 3.63) is 24.3 Å². The third kappa shape index (κ3) is 62.7. The average Bonchev–Trinajstić information content (AvgIpc) is 3.42. The highest BCUT2D eigenvalue weighted by atomic mass is 16.6. The van der Waals surface area contributed by atoms with Crippen molar-refractivity contribution in [3.8, 4) is 0 Å². The first kappa shape index (κ1) is 73.9. The summed E-state index contributed by atoms with van der Waals surface area (Å²) < 4.78 is 17.0. The standard InChI is InChI=1S/C70H132O6/c1-4-7-10-13-16-19-22-25-28-30-32-33-34-35-36-37-38-39-41-42-45-48-51-54-57-60-63-69(72)75-66-67(65-74-68(71)62-59-56-53-50-47-44-27-24-21-18-15-12-9-6-3)76-70(73)64-61-58-55-52-49-46-43-40-31-29-26-23-20-17-14-11-8-5-2/h20,23,29,31,67H,4-19,21-22,24-28,30,32-66H2,1-3H3/b23-20-,31-29-. The van der Waals surface area contributed by atoms with E-state index in [1.54, 1.807) is 0 Å². The summed E-state index contributed by atoms with van der Waals surface area (Å²) in [7, 11) is 0. The lowest BCUT2D eigenvalue weighted by atomic mass is 10.0. The van der Waals surface area contributed by atoms with Gasteiger partial charge in [0.2, 0.25) is 0 Å². The summed E-state index contributed by atoms with van der Waals surface area (Å²) in [6.07, 6.45) is 79.1. The van der Waals surface area contributed by atoms with Gasteiger partial charge in [0.15, 0.2) is 6.10 Å². The number of hydrogen-bond acceptors (Lipinski definition) is 6. The van der Waals surface area contributed by atoms with Crippen molar-refractivity contribution >= 4 is 17.9 Å². The van der Waals surface area contributed by atoms with Gasteiger partial charge < -0.3 is 14.2 Å². The van der Waals surface area contributed by atoms with Gasteiger partial charge in [0.1, 0.15) is 13.2 Å². The molecule has 0 aromatic carbocycles. The lowest BCUT2D eigenvalue weighted by Gasteiger charge is -2.18. The maximum Gasteiger partial charge on any atom is 0.306 e. The van der Waals surface area contributed by atoms with E-state index in [0.717, 1.165) is 70.6 Å². The summed E-state index contributed by atoms with van der Waals surface area (Å²) in [5, 5.41) is 0. The Kier molecular flexibility index (Phi) is 63.6. The van der Waals surface area contributed by atoms with Crippen LogP contribution < -0.4 is 0 Å². The zero-order valence-corrected chi connectivity index (χ0v) is 51.6. The molecule has 0 radical (unpaired) electrons. The van der Waals surface area contributed by atoms with E-state index >= 15 is 0 Å². The van der Waals surface area contributed by atoms with Gasteiger partial charge in [-0.1, -0.05) is 340 Å². The van der Waals surface area contributed by atoms with Crippen molar-refractivity contribution in [3.63, 3.8) is 0 Å². The summed E-state index contributed by atoms with van der Waals surface area (Å²) >= 11 is 0. The highest BCUT2D eigenvalue weighted by Crippen LogP contribution is 2.19. The highest BCUT2D eigenvalue weighted by Gasteiger charge is 2.19. The van der Waals surface area contributed by atoms with E-state index in [0.29, 0.717) is 19.3 Å². The smallest absolute Gasteiger partial charge is 0.306 e. The number of ether oxygens (including phenoxy) is 3. The molecule has 76 heavy (non-hydrogen) atoms. The van der Waals surface area contributed by atoms with Gasteiger partial charge >= 0.3 is 17.9 Å². The lowest BCUT2D eigenvalue weighted by molar-refractivity contribution is -0.167. The summed E-state index contributed by atoms with van der Waals surface area (Å²) in [6.45, 7) is 6.70. The first-order valence-corrected chi connectivity index (χ1v) is 34.3. The van der Waals surface area contributed by atoms with Crippen molar-refractivity contribution in [1.82, 2.24) is 0 Å². The van der Waals surface area contributed by atoms with Crippen molar-refractivity contribution in [1.29, 1.82) is 0 Å². The Morgan fingerprint density at radius 1 is 0.263 bits per heavy atom. The molecule has 0 saturated carbocycles. The largest absolute Gasteiger partial charge is 0.462 e. The van der Waals surface area contributed by atoms with Crippen LogP contribution in [0.25, 0.3) is 0 Å². The van der Waals surface area contributed by atoms with E-state index in [4.69, 9.17) is 14.2 Å². The maximum absolute atomic E-state index is 12.9. The Hall–Kier alpha value is -2.11.